The largest absolute Gasteiger partial charge is 0.329 e. The molecule has 2 heteroatoms. The summed E-state index contributed by atoms with van der Waals surface area (Å²) in [4.78, 5) is 12.0. The highest BCUT2D eigenvalue weighted by Crippen LogP contribution is 2.36. The van der Waals surface area contributed by atoms with Gasteiger partial charge in [-0.2, -0.15) is 0 Å². The molecule has 1 aliphatic carbocycles. The third-order valence-corrected chi connectivity index (χ3v) is 3.14. The van der Waals surface area contributed by atoms with Gasteiger partial charge >= 0.3 is 0 Å². The first-order chi connectivity index (χ1) is 6.60. The molecule has 1 aliphatic rings. The molecule has 0 bridgehead atoms. The maximum atomic E-state index is 12.0. The van der Waals surface area contributed by atoms with Crippen LogP contribution in [0.3, 0.4) is 0 Å². The molecule has 1 rings (SSSR count). The van der Waals surface area contributed by atoms with Gasteiger partial charge in [-0.25, -0.2) is 0 Å². The minimum atomic E-state index is -0.227. The van der Waals surface area contributed by atoms with E-state index in [0.29, 0.717) is 6.54 Å². The van der Waals surface area contributed by atoms with Crippen molar-refractivity contribution in [2.45, 2.75) is 46.0 Å². The first-order valence-electron chi connectivity index (χ1n) is 5.50. The Morgan fingerprint density at radius 2 is 1.86 bits per heavy atom. The van der Waals surface area contributed by atoms with Crippen molar-refractivity contribution in [2.24, 2.45) is 11.1 Å². The highest BCUT2D eigenvalue weighted by atomic mass is 16.1. The second kappa shape index (κ2) is 4.74. The minimum absolute atomic E-state index is 0.227. The first kappa shape index (κ1) is 11.4. The van der Waals surface area contributed by atoms with Crippen molar-refractivity contribution in [2.75, 3.05) is 6.54 Å². The van der Waals surface area contributed by atoms with Crippen molar-refractivity contribution in [3.05, 3.63) is 11.6 Å². The predicted molar refractivity (Wildman–Crippen MR) is 59.0 cm³/mol. The highest BCUT2D eigenvalue weighted by Gasteiger charge is 2.36. The third kappa shape index (κ3) is 2.44. The third-order valence-electron chi connectivity index (χ3n) is 3.14. The van der Waals surface area contributed by atoms with E-state index in [9.17, 15) is 4.79 Å². The van der Waals surface area contributed by atoms with E-state index in [0.717, 1.165) is 31.3 Å². The predicted octanol–water partition coefficient (Wildman–Crippen LogP) is 2.43. The molecule has 0 aromatic heterocycles. The maximum absolute atomic E-state index is 12.0. The van der Waals surface area contributed by atoms with E-state index >= 15 is 0 Å². The number of hydrogen-bond acceptors (Lipinski definition) is 2. The van der Waals surface area contributed by atoms with Crippen LogP contribution in [0, 0.1) is 5.41 Å². The zero-order valence-electron chi connectivity index (χ0n) is 9.31. The second-order valence-corrected chi connectivity index (χ2v) is 4.63. The fraction of sp³-hybridized carbons (Fsp3) is 0.750. The van der Waals surface area contributed by atoms with Crippen LogP contribution in [0.25, 0.3) is 0 Å². The summed E-state index contributed by atoms with van der Waals surface area (Å²) in [6.45, 7) is 4.44. The topological polar surface area (TPSA) is 43.1 Å². The van der Waals surface area contributed by atoms with Gasteiger partial charge in [0.1, 0.15) is 0 Å². The minimum Gasteiger partial charge on any atom is -0.329 e. The lowest BCUT2D eigenvalue weighted by atomic mass is 9.71. The van der Waals surface area contributed by atoms with Gasteiger partial charge in [-0.15, -0.1) is 0 Å². The highest BCUT2D eigenvalue weighted by molar-refractivity contribution is 5.95. The van der Waals surface area contributed by atoms with Crippen molar-refractivity contribution in [3.63, 3.8) is 0 Å². The van der Waals surface area contributed by atoms with E-state index in [1.54, 1.807) is 6.08 Å². The Balaban J connectivity index is 2.77. The summed E-state index contributed by atoms with van der Waals surface area (Å²) < 4.78 is 0. The molecule has 2 nitrogen and oxygen atoms in total. The number of hydrogen-bond donors (Lipinski definition) is 1. The number of allylic oxidation sites excluding steroid dienone is 2. The lowest BCUT2D eigenvalue weighted by Crippen LogP contribution is -2.39. The van der Waals surface area contributed by atoms with Crippen LogP contribution in [0.15, 0.2) is 11.6 Å². The van der Waals surface area contributed by atoms with E-state index in [-0.39, 0.29) is 11.2 Å². The molecule has 0 heterocycles. The van der Waals surface area contributed by atoms with Gasteiger partial charge in [0.15, 0.2) is 5.78 Å². The summed E-state index contributed by atoms with van der Waals surface area (Å²) in [7, 11) is 0. The van der Waals surface area contributed by atoms with Crippen LogP contribution in [-0.4, -0.2) is 12.3 Å². The summed E-state index contributed by atoms with van der Waals surface area (Å²) in [6, 6.07) is 0. The maximum Gasteiger partial charge on any atom is 0.163 e. The quantitative estimate of drug-likeness (QED) is 0.703. The Morgan fingerprint density at radius 1 is 1.29 bits per heavy atom. The molecule has 1 fully saturated rings. The zero-order chi connectivity index (χ0) is 10.6. The monoisotopic (exact) mass is 195 g/mol. The molecule has 14 heavy (non-hydrogen) atoms. The number of nitrogens with two attached hydrogens (primary N) is 1. The Labute approximate surface area is 86.6 Å². The van der Waals surface area contributed by atoms with E-state index < -0.39 is 0 Å². The summed E-state index contributed by atoms with van der Waals surface area (Å²) in [5.74, 6) is 0.250. The second-order valence-electron chi connectivity index (χ2n) is 4.63. The molecule has 0 unspecified atom stereocenters. The van der Waals surface area contributed by atoms with Crippen molar-refractivity contribution in [3.8, 4) is 0 Å². The molecule has 0 radical (unpaired) electrons. The van der Waals surface area contributed by atoms with Crippen LogP contribution >= 0.6 is 0 Å². The van der Waals surface area contributed by atoms with E-state index in [1.165, 1.54) is 6.42 Å². The molecule has 0 aliphatic heterocycles. The zero-order valence-corrected chi connectivity index (χ0v) is 9.31. The Morgan fingerprint density at radius 3 is 2.29 bits per heavy atom. The summed E-state index contributed by atoms with van der Waals surface area (Å²) in [5.41, 5.74) is 6.62. The van der Waals surface area contributed by atoms with Gasteiger partial charge in [0.2, 0.25) is 0 Å². The average Bonchev–Trinajstić information content (AvgIpc) is 2.18. The molecular weight excluding hydrogens is 174 g/mol. The van der Waals surface area contributed by atoms with Crippen LogP contribution in [0.5, 0.6) is 0 Å². The standard InChI is InChI=1S/C12H21NO/c1-10(2)8-11(14)12(9-13)6-4-3-5-7-12/h8H,3-7,9,13H2,1-2H3. The fourth-order valence-electron chi connectivity index (χ4n) is 2.19. The molecule has 1 saturated carbocycles. The van der Waals surface area contributed by atoms with Crippen molar-refractivity contribution >= 4 is 5.78 Å². The summed E-state index contributed by atoms with van der Waals surface area (Å²) in [6.07, 6.45) is 7.28. The van der Waals surface area contributed by atoms with Crippen LogP contribution in [0.1, 0.15) is 46.0 Å². The lowest BCUT2D eigenvalue weighted by Gasteiger charge is -2.33. The Hall–Kier alpha value is -0.630. The van der Waals surface area contributed by atoms with Gasteiger partial charge in [-0.3, -0.25) is 4.79 Å². The van der Waals surface area contributed by atoms with Crippen LogP contribution in [0.2, 0.25) is 0 Å². The number of rotatable bonds is 3. The van der Waals surface area contributed by atoms with Gasteiger partial charge in [0, 0.05) is 12.0 Å². The first-order valence-corrected chi connectivity index (χ1v) is 5.50. The smallest absolute Gasteiger partial charge is 0.163 e. The van der Waals surface area contributed by atoms with E-state index in [4.69, 9.17) is 5.73 Å². The number of carbonyl (C=O) groups is 1. The van der Waals surface area contributed by atoms with Gasteiger partial charge in [0.25, 0.3) is 0 Å². The van der Waals surface area contributed by atoms with Gasteiger partial charge in [0.05, 0.1) is 0 Å². The normalized spacial score (nSPS) is 20.2. The fourth-order valence-corrected chi connectivity index (χ4v) is 2.19. The molecule has 0 aromatic rings. The molecular formula is C12H21NO. The Bertz CT molecular complexity index is 233. The Kier molecular flexibility index (Phi) is 3.87. The van der Waals surface area contributed by atoms with E-state index in [2.05, 4.69) is 0 Å². The number of ketones is 1. The van der Waals surface area contributed by atoms with Gasteiger partial charge in [-0.05, 0) is 32.8 Å². The molecule has 2 N–H and O–H groups in total. The summed E-state index contributed by atoms with van der Waals surface area (Å²) in [5, 5.41) is 0. The average molecular weight is 195 g/mol. The molecule has 0 amide bonds. The van der Waals surface area contributed by atoms with Crippen LogP contribution < -0.4 is 5.73 Å². The van der Waals surface area contributed by atoms with Crippen LogP contribution in [-0.2, 0) is 4.79 Å². The molecule has 80 valence electrons. The summed E-state index contributed by atoms with van der Waals surface area (Å²) >= 11 is 0. The molecule has 0 atom stereocenters. The van der Waals surface area contributed by atoms with Crippen LogP contribution in [0.4, 0.5) is 0 Å². The molecule has 0 saturated heterocycles. The SMILES string of the molecule is CC(C)=CC(=O)C1(CN)CCCCC1. The molecule has 0 aromatic carbocycles. The van der Waals surface area contributed by atoms with Gasteiger partial charge < -0.3 is 5.73 Å². The van der Waals surface area contributed by atoms with E-state index in [1.807, 2.05) is 13.8 Å². The number of carbonyl (C=O) groups excluding carboxylic acids is 1. The van der Waals surface area contributed by atoms with Crippen molar-refractivity contribution < 1.29 is 4.79 Å². The van der Waals surface area contributed by atoms with Gasteiger partial charge in [-0.1, -0.05) is 24.8 Å². The van der Waals surface area contributed by atoms with Crippen molar-refractivity contribution in [1.29, 1.82) is 0 Å². The lowest BCUT2D eigenvalue weighted by molar-refractivity contribution is -0.125. The van der Waals surface area contributed by atoms with Crippen molar-refractivity contribution in [1.82, 2.24) is 0 Å². The molecule has 0 spiro atoms.